The van der Waals surface area contributed by atoms with E-state index < -0.39 is 36.2 Å². The number of hydrogen-bond acceptors (Lipinski definition) is 5. The second kappa shape index (κ2) is 29.1. The third-order valence-corrected chi connectivity index (χ3v) is 7.97. The van der Waals surface area contributed by atoms with Gasteiger partial charge < -0.3 is 10.6 Å². The number of rotatable bonds is 12. The van der Waals surface area contributed by atoms with E-state index in [2.05, 4.69) is 64.2 Å². The summed E-state index contributed by atoms with van der Waals surface area (Å²) in [7, 11) is 0. The van der Waals surface area contributed by atoms with E-state index in [1.807, 2.05) is 70.2 Å². The van der Waals surface area contributed by atoms with Gasteiger partial charge in [0.15, 0.2) is 6.67 Å². The Bertz CT molecular complexity index is 2050. The molecular formula is C47H60F5N7O2. The zero-order valence-corrected chi connectivity index (χ0v) is 36.4. The summed E-state index contributed by atoms with van der Waals surface area (Å²) in [6.45, 7) is 13.6. The van der Waals surface area contributed by atoms with Gasteiger partial charge in [0.05, 0.1) is 23.8 Å². The third kappa shape index (κ3) is 21.1. The van der Waals surface area contributed by atoms with Gasteiger partial charge in [0.1, 0.15) is 11.7 Å². The molecule has 3 aromatic heterocycles. The van der Waals surface area contributed by atoms with E-state index in [4.69, 9.17) is 12.8 Å². The standard InChI is InChI=1S/C20H29F3N4O2.C13H9F2N3.C5H6.C4H6.C3H8.C2H2/c1-5-13(2)8-16(25-17(28)14-6-7-14)18(29)26-19(3,4)12-27-10-15(9-24-27)20(22,23)11-21;14-12(15)11-8-18-7-10(6-16-13(18)17-11)9-4-2-1-3-5-9;1-3-5-4-2;1-3-4-2;1-3-2;1-2/h5,9-10,14,16H,6-8,11-12H2,1-4H3,(H,25,28)(H,26,29);1-8,12H;1,4-5H,2H3;1H,4H2,2H3;3H2,1-2H3;1-2H/b13-5+;;5-4-;;;. The summed E-state index contributed by atoms with van der Waals surface area (Å²) in [5, 5.41) is 9.51. The van der Waals surface area contributed by atoms with E-state index >= 15 is 0 Å². The average Bonchev–Trinajstić information content (AvgIpc) is 3.85. The molecule has 3 heterocycles. The van der Waals surface area contributed by atoms with Crippen LogP contribution < -0.4 is 10.6 Å². The molecular weight excluding hydrogens is 790 g/mol. The van der Waals surface area contributed by atoms with Gasteiger partial charge in [0.25, 0.3) is 6.43 Å². The molecule has 1 aromatic carbocycles. The van der Waals surface area contributed by atoms with Gasteiger partial charge in [-0.2, -0.15) is 13.9 Å². The molecule has 1 saturated carbocycles. The molecule has 0 spiro atoms. The first-order valence-electron chi connectivity index (χ1n) is 19.7. The van der Waals surface area contributed by atoms with Crippen LogP contribution >= 0.6 is 0 Å². The van der Waals surface area contributed by atoms with E-state index in [0.717, 1.165) is 48.4 Å². The Morgan fingerprint density at radius 1 is 1.00 bits per heavy atom. The van der Waals surface area contributed by atoms with Crippen LogP contribution in [0, 0.1) is 43.5 Å². The Kier molecular flexibility index (Phi) is 26.1. The molecule has 1 atom stereocenters. The number of alkyl halides is 5. The fourth-order valence-corrected chi connectivity index (χ4v) is 4.75. The van der Waals surface area contributed by atoms with Gasteiger partial charge in [-0.1, -0.05) is 81.2 Å². The Labute approximate surface area is 358 Å². The van der Waals surface area contributed by atoms with Gasteiger partial charge in [-0.25, -0.2) is 23.1 Å². The van der Waals surface area contributed by atoms with Crippen molar-refractivity contribution in [2.75, 3.05) is 6.67 Å². The molecule has 1 aliphatic carbocycles. The first-order chi connectivity index (χ1) is 28.9. The number of benzene rings is 1. The summed E-state index contributed by atoms with van der Waals surface area (Å²) in [5.74, 6) is 0.953. The summed E-state index contributed by atoms with van der Waals surface area (Å²) in [6.07, 6.45) is 31.2. The van der Waals surface area contributed by atoms with Crippen LogP contribution in [0.5, 0.6) is 0 Å². The largest absolute Gasteiger partial charge is 0.348 e. The Hall–Kier alpha value is -6.20. The van der Waals surface area contributed by atoms with Crippen LogP contribution in [0.2, 0.25) is 0 Å². The molecule has 14 heteroatoms. The number of carbonyl (C=O) groups excluding carboxylic acids is 2. The van der Waals surface area contributed by atoms with Crippen LogP contribution in [0.4, 0.5) is 22.0 Å². The highest BCUT2D eigenvalue weighted by atomic mass is 19.3. The van der Waals surface area contributed by atoms with Crippen LogP contribution in [0.3, 0.4) is 0 Å². The molecule has 5 rings (SSSR count). The number of hydrogen-bond donors (Lipinski definition) is 2. The predicted octanol–water partition coefficient (Wildman–Crippen LogP) is 10.3. The highest BCUT2D eigenvalue weighted by Gasteiger charge is 2.35. The lowest BCUT2D eigenvalue weighted by Gasteiger charge is -2.29. The van der Waals surface area contributed by atoms with Gasteiger partial charge in [-0.15, -0.1) is 31.6 Å². The van der Waals surface area contributed by atoms with Crippen molar-refractivity contribution in [3.8, 4) is 48.7 Å². The maximum absolute atomic E-state index is 13.5. The smallest absolute Gasteiger partial charge is 0.304 e. The third-order valence-electron chi connectivity index (χ3n) is 7.97. The van der Waals surface area contributed by atoms with Crippen LogP contribution in [0.15, 0.2) is 85.1 Å². The molecule has 2 amide bonds. The molecule has 0 saturated heterocycles. The molecule has 1 aliphatic rings. The number of terminal acetylenes is 3. The van der Waals surface area contributed by atoms with Crippen LogP contribution in [0.25, 0.3) is 16.9 Å². The fraction of sp³-hybridized carbons (Fsp3) is 0.426. The van der Waals surface area contributed by atoms with Crippen molar-refractivity contribution in [3.05, 3.63) is 96.4 Å². The lowest BCUT2D eigenvalue weighted by atomic mass is 10.0. The molecule has 1 unspecified atom stereocenters. The molecule has 61 heavy (non-hydrogen) atoms. The van der Waals surface area contributed by atoms with Gasteiger partial charge in [-0.3, -0.25) is 18.7 Å². The second-order valence-corrected chi connectivity index (χ2v) is 14.1. The van der Waals surface area contributed by atoms with Gasteiger partial charge in [0, 0.05) is 42.7 Å². The van der Waals surface area contributed by atoms with E-state index in [-0.39, 0.29) is 35.7 Å². The van der Waals surface area contributed by atoms with E-state index in [0.29, 0.717) is 6.42 Å². The second-order valence-electron chi connectivity index (χ2n) is 14.1. The molecule has 1 fully saturated rings. The number of nitrogens with one attached hydrogen (secondary N) is 2. The topological polar surface area (TPSA) is 106 Å². The maximum Gasteiger partial charge on any atom is 0.304 e. The van der Waals surface area contributed by atoms with Crippen molar-refractivity contribution < 1.29 is 31.5 Å². The zero-order chi connectivity index (χ0) is 46.6. The molecule has 0 bridgehead atoms. The van der Waals surface area contributed by atoms with Gasteiger partial charge in [-0.05, 0) is 65.5 Å². The van der Waals surface area contributed by atoms with Crippen molar-refractivity contribution in [1.82, 2.24) is 34.8 Å². The highest BCUT2D eigenvalue weighted by Crippen LogP contribution is 2.30. The van der Waals surface area contributed by atoms with Crippen molar-refractivity contribution in [1.29, 1.82) is 0 Å². The summed E-state index contributed by atoms with van der Waals surface area (Å²) in [6, 6.07) is 8.90. The monoisotopic (exact) mass is 849 g/mol. The number of amides is 2. The van der Waals surface area contributed by atoms with Crippen molar-refractivity contribution in [2.45, 2.75) is 118 Å². The minimum atomic E-state index is -3.59. The molecule has 0 aliphatic heterocycles. The van der Waals surface area contributed by atoms with Crippen LogP contribution in [0.1, 0.15) is 105 Å². The van der Waals surface area contributed by atoms with Gasteiger partial charge >= 0.3 is 5.92 Å². The number of fused-ring (bicyclic) bond motifs is 1. The summed E-state index contributed by atoms with van der Waals surface area (Å²) in [5.41, 5.74) is 1.20. The summed E-state index contributed by atoms with van der Waals surface area (Å²) < 4.78 is 67.2. The molecule has 330 valence electrons. The zero-order valence-electron chi connectivity index (χ0n) is 36.4. The van der Waals surface area contributed by atoms with E-state index in [1.165, 1.54) is 21.7 Å². The quantitative estimate of drug-likeness (QED) is 0.0839. The molecule has 9 nitrogen and oxygen atoms in total. The number of allylic oxidation sites excluding steroid dienone is 3. The normalized spacial score (nSPS) is 12.5. The molecule has 2 N–H and O–H groups in total. The highest BCUT2D eigenvalue weighted by molar-refractivity contribution is 5.89. The molecule has 4 aromatic rings. The fourth-order valence-electron chi connectivity index (χ4n) is 4.75. The summed E-state index contributed by atoms with van der Waals surface area (Å²) in [4.78, 5) is 32.8. The first kappa shape index (κ1) is 54.8. The maximum atomic E-state index is 13.5. The Balaban J connectivity index is 0.000000947. The lowest BCUT2D eigenvalue weighted by molar-refractivity contribution is -0.130. The average molecular weight is 850 g/mol. The van der Waals surface area contributed by atoms with E-state index in [1.54, 1.807) is 32.3 Å². The Morgan fingerprint density at radius 2 is 1.61 bits per heavy atom. The van der Waals surface area contributed by atoms with E-state index in [9.17, 15) is 31.5 Å². The SMILES string of the molecule is C#C.C#C/C=C\C.C#CCC.C/C=C(\C)CC(NC(=O)C1CC1)C(=O)NC(C)(C)Cn1cc(C(F)(F)CF)cn1.CCC.FC(F)c1cn2cc(-c3ccccc3)cnc2n1. The van der Waals surface area contributed by atoms with Crippen LogP contribution in [-0.4, -0.2) is 54.2 Å². The number of nitrogens with zero attached hydrogens (tertiary/aromatic N) is 5. The van der Waals surface area contributed by atoms with Crippen molar-refractivity contribution in [2.24, 2.45) is 5.92 Å². The van der Waals surface area contributed by atoms with Crippen molar-refractivity contribution in [3.63, 3.8) is 0 Å². The Morgan fingerprint density at radius 3 is 2.08 bits per heavy atom. The van der Waals surface area contributed by atoms with Crippen molar-refractivity contribution >= 4 is 17.6 Å². The number of halogens is 5. The number of imidazole rings is 1. The lowest BCUT2D eigenvalue weighted by Crippen LogP contribution is -2.55. The minimum Gasteiger partial charge on any atom is -0.348 e. The summed E-state index contributed by atoms with van der Waals surface area (Å²) >= 11 is 0. The van der Waals surface area contributed by atoms with Gasteiger partial charge in [0.2, 0.25) is 17.6 Å². The first-order valence-corrected chi connectivity index (χ1v) is 19.7. The minimum absolute atomic E-state index is 0.0242. The van der Waals surface area contributed by atoms with Crippen LogP contribution in [-0.2, 0) is 22.1 Å². The predicted molar refractivity (Wildman–Crippen MR) is 235 cm³/mol. The number of carbonyl (C=O) groups is 2. The molecule has 0 radical (unpaired) electrons. The number of aromatic nitrogens is 5.